The third-order valence-corrected chi connectivity index (χ3v) is 2.36. The van der Waals surface area contributed by atoms with Crippen LogP contribution in [0.2, 0.25) is 0 Å². The molecule has 0 unspecified atom stereocenters. The third kappa shape index (κ3) is 3.77. The van der Waals surface area contributed by atoms with E-state index in [-0.39, 0.29) is 0 Å². The smallest absolute Gasteiger partial charge is 0.341 e. The van der Waals surface area contributed by atoms with Gasteiger partial charge in [0.2, 0.25) is 5.82 Å². The maximum atomic E-state index is 12.6. The van der Waals surface area contributed by atoms with Crippen LogP contribution in [0.15, 0.2) is 30.3 Å². The number of aryl methyl sites for hydroxylation is 1. The van der Waals surface area contributed by atoms with Gasteiger partial charge in [-0.1, -0.05) is 35.9 Å². The van der Waals surface area contributed by atoms with E-state index in [1.54, 1.807) is 0 Å². The molecule has 0 aliphatic rings. The lowest BCUT2D eigenvalue weighted by atomic mass is 10.1. The van der Waals surface area contributed by atoms with Crippen molar-refractivity contribution >= 4 is 5.97 Å². The summed E-state index contributed by atoms with van der Waals surface area (Å²) in [6.45, 7) is 2.08. The average Bonchev–Trinajstić information content (AvgIpc) is 2.44. The molecule has 2 rings (SSSR count). The predicted molar refractivity (Wildman–Crippen MR) is 64.4 cm³/mol. The average molecular weight is 304 g/mol. The maximum Gasteiger partial charge on any atom is 0.341 e. The molecule has 112 valence electrons. The van der Waals surface area contributed by atoms with Crippen LogP contribution in [0.1, 0.15) is 15.9 Å². The molecule has 0 fully saturated rings. The summed E-state index contributed by atoms with van der Waals surface area (Å²) in [7, 11) is 0. The van der Waals surface area contributed by atoms with Gasteiger partial charge >= 0.3 is 5.97 Å². The molecule has 7 heteroatoms. The van der Waals surface area contributed by atoms with Crippen molar-refractivity contribution < 1.29 is 31.9 Å². The molecule has 2 nitrogen and oxygen atoms in total. The molecule has 0 aliphatic heterocycles. The first-order valence-corrected chi connectivity index (χ1v) is 5.53. The van der Waals surface area contributed by atoms with Crippen LogP contribution in [0.4, 0.5) is 22.0 Å². The first-order valence-electron chi connectivity index (χ1n) is 5.53. The lowest BCUT2D eigenvalue weighted by Gasteiger charge is -2.03. The fourth-order valence-corrected chi connectivity index (χ4v) is 1.33. The van der Waals surface area contributed by atoms with Gasteiger partial charge in [-0.25, -0.2) is 26.7 Å². The van der Waals surface area contributed by atoms with E-state index in [1.807, 2.05) is 18.2 Å². The first-order chi connectivity index (χ1) is 9.77. The maximum absolute atomic E-state index is 12.6. The summed E-state index contributed by atoms with van der Waals surface area (Å²) >= 11 is 0. The summed E-state index contributed by atoms with van der Waals surface area (Å²) in [5.74, 6) is -13.9. The number of carboxylic acid groups (broad SMARTS) is 1. The minimum atomic E-state index is -2.38. The summed E-state index contributed by atoms with van der Waals surface area (Å²) < 4.78 is 62.1. The second-order valence-corrected chi connectivity index (χ2v) is 3.90. The van der Waals surface area contributed by atoms with E-state index < -0.39 is 40.6 Å². The number of carbonyl (C=O) groups is 1. The van der Waals surface area contributed by atoms with Crippen LogP contribution in [-0.4, -0.2) is 11.1 Å². The van der Waals surface area contributed by atoms with Gasteiger partial charge in [0.15, 0.2) is 23.3 Å². The van der Waals surface area contributed by atoms with Gasteiger partial charge in [0.1, 0.15) is 5.56 Å². The molecule has 0 bridgehead atoms. The zero-order valence-corrected chi connectivity index (χ0v) is 10.6. The second kappa shape index (κ2) is 6.83. The molecular weight excluding hydrogens is 295 g/mol. The lowest BCUT2D eigenvalue weighted by Crippen LogP contribution is -2.11. The fourth-order valence-electron chi connectivity index (χ4n) is 1.33. The molecule has 1 N–H and O–H groups in total. The Hall–Kier alpha value is -2.44. The molecule has 0 radical (unpaired) electrons. The number of hydrogen-bond acceptors (Lipinski definition) is 1. The van der Waals surface area contributed by atoms with Crippen molar-refractivity contribution in [2.45, 2.75) is 6.92 Å². The van der Waals surface area contributed by atoms with Crippen LogP contribution in [0.5, 0.6) is 0 Å². The molecule has 2 aromatic carbocycles. The predicted octanol–water partition coefficient (Wildman–Crippen LogP) is 4.08. The number of halogens is 5. The van der Waals surface area contributed by atoms with Crippen molar-refractivity contribution in [2.75, 3.05) is 0 Å². The second-order valence-electron chi connectivity index (χ2n) is 3.90. The third-order valence-electron chi connectivity index (χ3n) is 2.36. The van der Waals surface area contributed by atoms with Crippen molar-refractivity contribution in [3.05, 3.63) is 70.5 Å². The highest BCUT2D eigenvalue weighted by molar-refractivity contribution is 5.88. The van der Waals surface area contributed by atoms with E-state index in [9.17, 15) is 26.7 Å². The van der Waals surface area contributed by atoms with Gasteiger partial charge in [-0.2, -0.15) is 0 Å². The molecular formula is C14H9F5O2. The number of carboxylic acids is 1. The molecule has 0 atom stereocenters. The topological polar surface area (TPSA) is 37.3 Å². The van der Waals surface area contributed by atoms with E-state index in [0.29, 0.717) is 0 Å². The Morgan fingerprint density at radius 2 is 1.19 bits per heavy atom. The van der Waals surface area contributed by atoms with E-state index in [0.717, 1.165) is 0 Å². The molecule has 0 saturated carbocycles. The summed E-state index contributed by atoms with van der Waals surface area (Å²) in [5.41, 5.74) is -0.538. The Labute approximate surface area is 116 Å². The molecule has 2 aromatic rings. The first kappa shape index (κ1) is 16.6. The zero-order valence-electron chi connectivity index (χ0n) is 10.6. The van der Waals surface area contributed by atoms with E-state index >= 15 is 0 Å². The normalized spacial score (nSPS) is 9.81. The van der Waals surface area contributed by atoms with E-state index in [2.05, 4.69) is 19.1 Å². The van der Waals surface area contributed by atoms with Gasteiger partial charge < -0.3 is 5.11 Å². The van der Waals surface area contributed by atoms with Gasteiger partial charge in [-0.3, -0.25) is 0 Å². The van der Waals surface area contributed by atoms with Crippen LogP contribution in [0, 0.1) is 36.0 Å². The molecule has 0 aliphatic carbocycles. The van der Waals surface area contributed by atoms with Crippen molar-refractivity contribution in [1.29, 1.82) is 0 Å². The van der Waals surface area contributed by atoms with Gasteiger partial charge in [0.25, 0.3) is 0 Å². The largest absolute Gasteiger partial charge is 0.477 e. The zero-order chi connectivity index (χ0) is 16.2. The van der Waals surface area contributed by atoms with E-state index in [1.165, 1.54) is 5.56 Å². The van der Waals surface area contributed by atoms with Crippen molar-refractivity contribution in [2.24, 2.45) is 0 Å². The summed E-state index contributed by atoms with van der Waals surface area (Å²) in [6, 6.07) is 10.3. The minimum absolute atomic E-state index is 1.32. The van der Waals surface area contributed by atoms with Crippen LogP contribution in [0.3, 0.4) is 0 Å². The van der Waals surface area contributed by atoms with Crippen molar-refractivity contribution in [3.8, 4) is 0 Å². The highest BCUT2D eigenvalue weighted by Gasteiger charge is 2.29. The molecule has 0 saturated heterocycles. The van der Waals surface area contributed by atoms with Gasteiger partial charge in [-0.05, 0) is 6.92 Å². The van der Waals surface area contributed by atoms with Gasteiger partial charge in [-0.15, -0.1) is 0 Å². The molecule has 0 heterocycles. The van der Waals surface area contributed by atoms with Crippen molar-refractivity contribution in [3.63, 3.8) is 0 Å². The summed E-state index contributed by atoms with van der Waals surface area (Å²) in [5, 5.41) is 8.15. The quantitative estimate of drug-likeness (QED) is 0.490. The van der Waals surface area contributed by atoms with Crippen LogP contribution in [-0.2, 0) is 0 Å². The Balaban J connectivity index is 0.000000262. The Morgan fingerprint density at radius 3 is 1.48 bits per heavy atom. The van der Waals surface area contributed by atoms with Crippen LogP contribution >= 0.6 is 0 Å². The monoisotopic (exact) mass is 304 g/mol. The number of rotatable bonds is 1. The minimum Gasteiger partial charge on any atom is -0.477 e. The SMILES string of the molecule is Cc1ccccc1.O=C(O)c1c(F)c(F)c(F)c(F)c1F. The van der Waals surface area contributed by atoms with E-state index in [4.69, 9.17) is 5.11 Å². The van der Waals surface area contributed by atoms with Gasteiger partial charge in [0.05, 0.1) is 0 Å². The highest BCUT2D eigenvalue weighted by atomic mass is 19.2. The molecule has 21 heavy (non-hydrogen) atoms. The molecule has 0 amide bonds. The summed E-state index contributed by atoms with van der Waals surface area (Å²) in [4.78, 5) is 10.1. The van der Waals surface area contributed by atoms with Crippen LogP contribution < -0.4 is 0 Å². The molecule has 0 aromatic heterocycles. The number of hydrogen-bond donors (Lipinski definition) is 1. The lowest BCUT2D eigenvalue weighted by molar-refractivity contribution is 0.0682. The Bertz CT molecular complexity index is 627. The van der Waals surface area contributed by atoms with Crippen LogP contribution in [0.25, 0.3) is 0 Å². The Kier molecular flexibility index (Phi) is 5.40. The fraction of sp³-hybridized carbons (Fsp3) is 0.0714. The van der Waals surface area contributed by atoms with Crippen molar-refractivity contribution in [1.82, 2.24) is 0 Å². The standard InChI is InChI=1S/C7HF5O2.C7H8/c8-2-1(7(13)14)3(9)5(11)6(12)4(2)10;1-7-5-3-2-4-6-7/h(H,13,14);2-6H,1H3. The molecule has 0 spiro atoms. The summed E-state index contributed by atoms with van der Waals surface area (Å²) in [6.07, 6.45) is 0. The highest BCUT2D eigenvalue weighted by Crippen LogP contribution is 2.22. The number of aromatic carboxylic acids is 1. The van der Waals surface area contributed by atoms with Gasteiger partial charge in [0, 0.05) is 0 Å². The number of benzene rings is 2. The Morgan fingerprint density at radius 1 is 0.810 bits per heavy atom.